The molecule has 66 heavy (non-hydrogen) atoms. The highest BCUT2D eigenvalue weighted by atomic mass is 16.5. The van der Waals surface area contributed by atoms with Crippen LogP contribution >= 0.6 is 0 Å². The third-order valence-electron chi connectivity index (χ3n) is 13.4. The van der Waals surface area contributed by atoms with E-state index < -0.39 is 30.3 Å². The van der Waals surface area contributed by atoms with Gasteiger partial charge in [0.2, 0.25) is 17.7 Å². The van der Waals surface area contributed by atoms with Crippen molar-refractivity contribution >= 4 is 34.7 Å². The summed E-state index contributed by atoms with van der Waals surface area (Å²) in [6.07, 6.45) is 7.10. The number of H-pyrrole nitrogens is 2. The van der Waals surface area contributed by atoms with E-state index in [9.17, 15) is 19.2 Å². The van der Waals surface area contributed by atoms with Gasteiger partial charge in [-0.15, -0.1) is 0 Å². The number of nitrogens with one attached hydrogen (secondary N) is 3. The number of likely N-dealkylation sites (tertiary alicyclic amines) is 2. The fourth-order valence-corrected chi connectivity index (χ4v) is 9.77. The summed E-state index contributed by atoms with van der Waals surface area (Å²) in [5.74, 6) is 1.38. The Kier molecular flexibility index (Phi) is 12.2. The molecule has 0 saturated carbocycles. The van der Waals surface area contributed by atoms with Crippen molar-refractivity contribution in [2.24, 2.45) is 23.3 Å². The number of fused-ring (bicyclic) bond motifs is 5. The summed E-state index contributed by atoms with van der Waals surface area (Å²) >= 11 is 0. The second-order valence-corrected chi connectivity index (χ2v) is 18.4. The molecule has 0 bridgehead atoms. The number of primary amides is 1. The number of nitrogens with zero attached hydrogens (tertiary/aromatic N) is 5. The number of hydrogen-bond acceptors (Lipinski definition) is 9. The standard InChI is InChI=1S/C50H58N10O6/c1-27(2)43(51)48(62)58-19-7-11-38(58)46-54-26-36(56-46)31-14-16-34-40-23-33-22-30(35-25-53-47(55-35)39-12-8-20-59(39)49(63)44(28(3)4)57-50(64)65-5)15-17-37(33)60(40)42(66-41(34)24-31)18-13-29-9-6-10-32(21-29)45(52)61/h6,9-10,14-17,21-28,38-39,42-44H,7-8,11-13,18-20,51H2,1-5H3,(H2,52,61)(H,53,55)(H,54,56)(H,57,64). The van der Waals surface area contributed by atoms with Crippen LogP contribution in [0.25, 0.3) is 44.7 Å². The molecule has 6 aromatic rings. The lowest BCUT2D eigenvalue weighted by molar-refractivity contribution is -0.136. The summed E-state index contributed by atoms with van der Waals surface area (Å²) in [4.78, 5) is 71.6. The normalized spacial score (nSPS) is 18.9. The molecule has 3 aliphatic heterocycles. The van der Waals surface area contributed by atoms with Crippen LogP contribution in [0.15, 0.2) is 79.1 Å². The highest BCUT2D eigenvalue weighted by Crippen LogP contribution is 2.46. The van der Waals surface area contributed by atoms with Crippen molar-refractivity contribution in [1.29, 1.82) is 0 Å². The highest BCUT2D eigenvalue weighted by molar-refractivity contribution is 5.93. The Hall–Kier alpha value is -6.94. The maximum atomic E-state index is 13.8. The first-order valence-electron chi connectivity index (χ1n) is 23.0. The monoisotopic (exact) mass is 894 g/mol. The molecule has 0 spiro atoms. The van der Waals surface area contributed by atoms with Crippen molar-refractivity contribution in [2.75, 3.05) is 20.2 Å². The lowest BCUT2D eigenvalue weighted by Gasteiger charge is -2.30. The third kappa shape index (κ3) is 8.41. The van der Waals surface area contributed by atoms with Gasteiger partial charge in [0, 0.05) is 47.2 Å². The molecule has 3 aromatic heterocycles. The number of nitrogens with two attached hydrogens (primary N) is 2. The first-order chi connectivity index (χ1) is 31.8. The Morgan fingerprint density at radius 3 is 2.12 bits per heavy atom. The molecule has 0 radical (unpaired) electrons. The van der Waals surface area contributed by atoms with Crippen LogP contribution in [0.2, 0.25) is 0 Å². The van der Waals surface area contributed by atoms with Crippen LogP contribution in [0.4, 0.5) is 4.79 Å². The van der Waals surface area contributed by atoms with E-state index in [1.807, 2.05) is 74.2 Å². The van der Waals surface area contributed by atoms with Crippen LogP contribution in [0, 0.1) is 11.8 Å². The van der Waals surface area contributed by atoms with Crippen LogP contribution in [-0.2, 0) is 20.7 Å². The van der Waals surface area contributed by atoms with E-state index in [0.29, 0.717) is 37.3 Å². The number of imidazole rings is 2. The molecule has 16 nitrogen and oxygen atoms in total. The fraction of sp³-hybridized carbons (Fsp3) is 0.400. The van der Waals surface area contributed by atoms with Crippen LogP contribution < -0.4 is 21.5 Å². The van der Waals surface area contributed by atoms with Gasteiger partial charge in [0.25, 0.3) is 0 Å². The Morgan fingerprint density at radius 1 is 0.833 bits per heavy atom. The number of rotatable bonds is 13. The molecule has 7 N–H and O–H groups in total. The minimum atomic E-state index is -0.723. The van der Waals surface area contributed by atoms with E-state index in [4.69, 9.17) is 30.9 Å². The summed E-state index contributed by atoms with van der Waals surface area (Å²) in [5.41, 5.74) is 19.8. The predicted molar refractivity (Wildman–Crippen MR) is 250 cm³/mol. The second kappa shape index (κ2) is 18.1. The van der Waals surface area contributed by atoms with Gasteiger partial charge in [0.15, 0.2) is 6.23 Å². The molecule has 4 amide bonds. The number of benzene rings is 3. The number of aromatic amines is 2. The lowest BCUT2D eigenvalue weighted by atomic mass is 10.0. The van der Waals surface area contributed by atoms with E-state index in [1.54, 1.807) is 6.07 Å². The van der Waals surface area contributed by atoms with Gasteiger partial charge in [-0.3, -0.25) is 14.4 Å². The van der Waals surface area contributed by atoms with Crippen LogP contribution in [0.5, 0.6) is 5.75 Å². The van der Waals surface area contributed by atoms with E-state index in [2.05, 4.69) is 56.3 Å². The number of aryl methyl sites for hydroxylation is 1. The highest BCUT2D eigenvalue weighted by Gasteiger charge is 2.38. The van der Waals surface area contributed by atoms with Crippen LogP contribution in [0.1, 0.15) is 106 Å². The van der Waals surface area contributed by atoms with E-state index in [-0.39, 0.29) is 35.7 Å². The summed E-state index contributed by atoms with van der Waals surface area (Å²) in [6, 6.07) is 20.4. The van der Waals surface area contributed by atoms with Gasteiger partial charge in [-0.25, -0.2) is 14.8 Å². The van der Waals surface area contributed by atoms with Crippen molar-refractivity contribution in [3.8, 4) is 39.5 Å². The molecular formula is C50H58N10O6. The quantitative estimate of drug-likeness (QED) is 0.0779. The van der Waals surface area contributed by atoms with Crippen molar-refractivity contribution in [2.45, 2.75) is 96.6 Å². The molecular weight excluding hydrogens is 837 g/mol. The van der Waals surface area contributed by atoms with Gasteiger partial charge in [-0.05, 0) is 92.0 Å². The van der Waals surface area contributed by atoms with Gasteiger partial charge >= 0.3 is 6.09 Å². The van der Waals surface area contributed by atoms with Crippen LogP contribution in [-0.4, -0.2) is 90.4 Å². The minimum absolute atomic E-state index is 0.0347. The number of carbonyl (C=O) groups excluding carboxylic acids is 4. The number of amides is 4. The zero-order valence-electron chi connectivity index (χ0n) is 38.0. The first kappa shape index (κ1) is 44.3. The second-order valence-electron chi connectivity index (χ2n) is 18.4. The molecule has 344 valence electrons. The van der Waals surface area contributed by atoms with Gasteiger partial charge < -0.3 is 50.6 Å². The van der Waals surface area contributed by atoms with Gasteiger partial charge in [0.05, 0.1) is 60.2 Å². The van der Waals surface area contributed by atoms with Crippen LogP contribution in [0.3, 0.4) is 0 Å². The molecule has 0 aliphatic carbocycles. The number of carbonyl (C=O) groups is 4. The molecule has 16 heteroatoms. The molecule has 9 rings (SSSR count). The topological polar surface area (TPSA) is 220 Å². The third-order valence-corrected chi connectivity index (χ3v) is 13.4. The van der Waals surface area contributed by atoms with E-state index >= 15 is 0 Å². The minimum Gasteiger partial charge on any atom is -0.469 e. The number of alkyl carbamates (subject to hydrolysis) is 1. The number of aromatic nitrogens is 5. The molecule has 3 aliphatic rings. The molecule has 2 saturated heterocycles. The Labute approximate surface area is 383 Å². The Bertz CT molecular complexity index is 2810. The Balaban J connectivity index is 1.02. The zero-order chi connectivity index (χ0) is 46.4. The van der Waals surface area contributed by atoms with Crippen molar-refractivity contribution in [3.05, 3.63) is 102 Å². The smallest absolute Gasteiger partial charge is 0.407 e. The average molecular weight is 895 g/mol. The van der Waals surface area contributed by atoms with E-state index in [1.165, 1.54) is 7.11 Å². The van der Waals surface area contributed by atoms with Crippen molar-refractivity contribution in [3.63, 3.8) is 0 Å². The first-order valence-corrected chi connectivity index (χ1v) is 23.0. The zero-order valence-corrected chi connectivity index (χ0v) is 38.0. The van der Waals surface area contributed by atoms with Gasteiger partial charge in [0.1, 0.15) is 23.4 Å². The maximum Gasteiger partial charge on any atom is 0.407 e. The summed E-state index contributed by atoms with van der Waals surface area (Å²) in [6.45, 7) is 8.94. The largest absolute Gasteiger partial charge is 0.469 e. The molecule has 3 aromatic carbocycles. The maximum absolute atomic E-state index is 13.8. The van der Waals surface area contributed by atoms with Gasteiger partial charge in [-0.2, -0.15) is 0 Å². The van der Waals surface area contributed by atoms with Crippen molar-refractivity contribution < 1.29 is 28.7 Å². The summed E-state index contributed by atoms with van der Waals surface area (Å²) in [5, 5.41) is 3.73. The SMILES string of the molecule is COC(=O)NC(C(=O)N1CCCC1c1ncc(-c2ccc3c(c2)cc2n3C(CCc3cccc(C(N)=O)c3)Oc3cc(-c4cnc(C5CCCN5C(=O)C(N)C(C)C)[nH]4)ccc3-2)[nH]1)C(C)C. The molecule has 6 heterocycles. The number of ether oxygens (including phenoxy) is 2. The van der Waals surface area contributed by atoms with E-state index in [0.717, 1.165) is 87.5 Å². The molecule has 5 atom stereocenters. The average Bonchev–Trinajstić information content (AvgIpc) is 4.18. The molecule has 5 unspecified atom stereocenters. The molecule has 2 fully saturated rings. The number of methoxy groups -OCH3 is 1. The summed E-state index contributed by atoms with van der Waals surface area (Å²) in [7, 11) is 1.29. The van der Waals surface area contributed by atoms with Crippen molar-refractivity contribution in [1.82, 2.24) is 39.6 Å². The predicted octanol–water partition coefficient (Wildman–Crippen LogP) is 7.40. The number of hydrogen-bond donors (Lipinski definition) is 5. The lowest BCUT2D eigenvalue weighted by Crippen LogP contribution is -2.51. The fourth-order valence-electron chi connectivity index (χ4n) is 9.77. The Morgan fingerprint density at radius 2 is 1.48 bits per heavy atom. The summed E-state index contributed by atoms with van der Waals surface area (Å²) < 4.78 is 14.0. The van der Waals surface area contributed by atoms with Gasteiger partial charge in [-0.1, -0.05) is 52.0 Å².